The lowest BCUT2D eigenvalue weighted by molar-refractivity contribution is -0.147. The maximum absolute atomic E-state index is 13.2. The number of hydrogen-bond donors (Lipinski definition) is 1. The molecule has 0 fully saturated rings. The van der Waals surface area contributed by atoms with E-state index in [2.05, 4.69) is 39.9 Å². The summed E-state index contributed by atoms with van der Waals surface area (Å²) in [5.41, 5.74) is -0.177. The smallest absolute Gasteiger partial charge is 0.256 e. The van der Waals surface area contributed by atoms with Crippen LogP contribution in [0.1, 0.15) is 60.8 Å². The minimum absolute atomic E-state index is 0.103. The zero-order chi connectivity index (χ0) is 19.7. The Bertz CT molecular complexity index is 562. The van der Waals surface area contributed by atoms with Crippen LogP contribution in [0.25, 0.3) is 0 Å². The summed E-state index contributed by atoms with van der Waals surface area (Å²) >= 11 is 6.25. The van der Waals surface area contributed by atoms with Gasteiger partial charge in [0.15, 0.2) is 0 Å². The summed E-state index contributed by atoms with van der Waals surface area (Å²) in [6.45, 7) is 13.5. The Hall–Kier alpha value is -1.26. The van der Waals surface area contributed by atoms with Gasteiger partial charge in [-0.25, -0.2) is 0 Å². The number of hydrogen-bond acceptors (Lipinski definition) is 3. The number of anilines is 1. The zero-order valence-corrected chi connectivity index (χ0v) is 17.8. The standard InChI is InChI=1S/C21H34ClNO3/c1-7-11-26-21(13-15(3)4,14-16(5)6)20(24)23-17-9-10-19(25-8-2)18(22)12-17/h9-10,12,15-16H,7-8,11,13-14H2,1-6H3,(H,23,24). The van der Waals surface area contributed by atoms with Gasteiger partial charge in [-0.3, -0.25) is 4.79 Å². The monoisotopic (exact) mass is 383 g/mol. The topological polar surface area (TPSA) is 47.6 Å². The predicted molar refractivity (Wildman–Crippen MR) is 109 cm³/mol. The second-order valence-corrected chi connectivity index (χ2v) is 7.98. The highest BCUT2D eigenvalue weighted by atomic mass is 35.5. The fourth-order valence-corrected chi connectivity index (χ4v) is 3.40. The van der Waals surface area contributed by atoms with E-state index in [0.29, 0.717) is 54.4 Å². The largest absolute Gasteiger partial charge is 0.492 e. The lowest BCUT2D eigenvalue weighted by atomic mass is 9.83. The summed E-state index contributed by atoms with van der Waals surface area (Å²) in [6.07, 6.45) is 2.24. The van der Waals surface area contributed by atoms with E-state index >= 15 is 0 Å². The number of carbonyl (C=O) groups is 1. The second kappa shape index (κ2) is 10.8. The maximum Gasteiger partial charge on any atom is 0.256 e. The molecule has 0 bridgehead atoms. The quantitative estimate of drug-likeness (QED) is 0.514. The van der Waals surface area contributed by atoms with Crippen LogP contribution in [0, 0.1) is 11.8 Å². The van der Waals surface area contributed by atoms with Gasteiger partial charge in [0.2, 0.25) is 0 Å². The molecule has 1 aromatic rings. The summed E-state index contributed by atoms with van der Waals surface area (Å²) in [6, 6.07) is 5.31. The number of amides is 1. The normalized spacial score (nSPS) is 11.9. The first kappa shape index (κ1) is 22.8. The van der Waals surface area contributed by atoms with Gasteiger partial charge in [0, 0.05) is 12.3 Å². The van der Waals surface area contributed by atoms with Crippen molar-refractivity contribution in [2.75, 3.05) is 18.5 Å². The summed E-state index contributed by atoms with van der Waals surface area (Å²) in [4.78, 5) is 13.2. The summed E-state index contributed by atoms with van der Waals surface area (Å²) in [7, 11) is 0. The zero-order valence-electron chi connectivity index (χ0n) is 17.0. The van der Waals surface area contributed by atoms with E-state index in [1.165, 1.54) is 0 Å². The molecule has 0 aliphatic carbocycles. The Labute approximate surface area is 163 Å². The third kappa shape index (κ3) is 6.81. The average molecular weight is 384 g/mol. The molecule has 0 aliphatic heterocycles. The van der Waals surface area contributed by atoms with Gasteiger partial charge in [-0.2, -0.15) is 0 Å². The molecule has 1 rings (SSSR count). The second-order valence-electron chi connectivity index (χ2n) is 7.57. The van der Waals surface area contributed by atoms with E-state index in [1.807, 2.05) is 13.0 Å². The molecule has 1 N–H and O–H groups in total. The Morgan fingerprint density at radius 2 is 1.77 bits per heavy atom. The Balaban J connectivity index is 3.07. The van der Waals surface area contributed by atoms with Crippen molar-refractivity contribution in [1.29, 1.82) is 0 Å². The summed E-state index contributed by atoms with van der Waals surface area (Å²) < 4.78 is 11.6. The average Bonchev–Trinajstić information content (AvgIpc) is 2.54. The fourth-order valence-electron chi connectivity index (χ4n) is 3.16. The molecule has 1 amide bonds. The first-order valence-electron chi connectivity index (χ1n) is 9.61. The molecule has 0 aromatic heterocycles. The molecular formula is C21H34ClNO3. The van der Waals surface area contributed by atoms with E-state index in [9.17, 15) is 4.79 Å². The van der Waals surface area contributed by atoms with Gasteiger partial charge >= 0.3 is 0 Å². The van der Waals surface area contributed by atoms with Gasteiger partial charge in [-0.15, -0.1) is 0 Å². The first-order valence-corrected chi connectivity index (χ1v) is 9.99. The van der Waals surface area contributed by atoms with Gasteiger partial charge in [-0.1, -0.05) is 46.2 Å². The van der Waals surface area contributed by atoms with Gasteiger partial charge < -0.3 is 14.8 Å². The molecule has 148 valence electrons. The number of ether oxygens (including phenoxy) is 2. The lowest BCUT2D eigenvalue weighted by Crippen LogP contribution is -2.47. The summed E-state index contributed by atoms with van der Waals surface area (Å²) in [5.74, 6) is 1.21. The van der Waals surface area contributed by atoms with Crippen LogP contribution in [0.2, 0.25) is 5.02 Å². The molecule has 0 heterocycles. The molecule has 0 aliphatic rings. The van der Waals surface area contributed by atoms with E-state index in [1.54, 1.807) is 12.1 Å². The molecule has 0 spiro atoms. The van der Waals surface area contributed by atoms with Crippen LogP contribution in [0.3, 0.4) is 0 Å². The Morgan fingerprint density at radius 3 is 2.23 bits per heavy atom. The summed E-state index contributed by atoms with van der Waals surface area (Å²) in [5, 5.41) is 3.49. The van der Waals surface area contributed by atoms with Gasteiger partial charge in [0.05, 0.1) is 11.6 Å². The highest BCUT2D eigenvalue weighted by Gasteiger charge is 2.40. The molecule has 0 unspecified atom stereocenters. The lowest BCUT2D eigenvalue weighted by Gasteiger charge is -2.35. The number of nitrogens with one attached hydrogen (secondary N) is 1. The van der Waals surface area contributed by atoms with Crippen molar-refractivity contribution in [3.05, 3.63) is 23.2 Å². The van der Waals surface area contributed by atoms with Gasteiger partial charge in [-0.05, 0) is 56.2 Å². The molecule has 1 aromatic carbocycles. The Kier molecular flexibility index (Phi) is 9.45. The van der Waals surface area contributed by atoms with Crippen LogP contribution >= 0.6 is 11.6 Å². The van der Waals surface area contributed by atoms with Crippen LogP contribution in [0.5, 0.6) is 5.75 Å². The minimum atomic E-state index is -0.830. The number of carbonyl (C=O) groups excluding carboxylic acids is 1. The van der Waals surface area contributed by atoms with Gasteiger partial charge in [0.25, 0.3) is 5.91 Å². The van der Waals surface area contributed by atoms with Crippen molar-refractivity contribution in [2.45, 2.75) is 66.4 Å². The van der Waals surface area contributed by atoms with Crippen LogP contribution in [-0.4, -0.2) is 24.7 Å². The van der Waals surface area contributed by atoms with Crippen LogP contribution < -0.4 is 10.1 Å². The van der Waals surface area contributed by atoms with Crippen molar-refractivity contribution in [2.24, 2.45) is 11.8 Å². The van der Waals surface area contributed by atoms with E-state index in [4.69, 9.17) is 21.1 Å². The van der Waals surface area contributed by atoms with Crippen molar-refractivity contribution < 1.29 is 14.3 Å². The number of rotatable bonds is 11. The molecule has 5 heteroatoms. The van der Waals surface area contributed by atoms with Gasteiger partial charge in [0.1, 0.15) is 11.4 Å². The van der Waals surface area contributed by atoms with E-state index in [0.717, 1.165) is 6.42 Å². The fraction of sp³-hybridized carbons (Fsp3) is 0.667. The first-order chi connectivity index (χ1) is 12.2. The predicted octanol–water partition coefficient (Wildman–Crippen LogP) is 5.93. The molecule has 4 nitrogen and oxygen atoms in total. The number of benzene rings is 1. The van der Waals surface area contributed by atoms with E-state index < -0.39 is 5.60 Å². The van der Waals surface area contributed by atoms with Crippen LogP contribution in [0.15, 0.2) is 18.2 Å². The third-order valence-electron chi connectivity index (χ3n) is 3.96. The molecule has 0 atom stereocenters. The molecule has 0 saturated carbocycles. The number of halogens is 1. The molecule has 0 radical (unpaired) electrons. The van der Waals surface area contributed by atoms with Crippen LogP contribution in [-0.2, 0) is 9.53 Å². The molecule has 26 heavy (non-hydrogen) atoms. The van der Waals surface area contributed by atoms with Crippen molar-refractivity contribution in [1.82, 2.24) is 0 Å². The van der Waals surface area contributed by atoms with E-state index in [-0.39, 0.29) is 5.91 Å². The maximum atomic E-state index is 13.2. The van der Waals surface area contributed by atoms with Crippen molar-refractivity contribution in [3.63, 3.8) is 0 Å². The minimum Gasteiger partial charge on any atom is -0.492 e. The van der Waals surface area contributed by atoms with Crippen LogP contribution in [0.4, 0.5) is 5.69 Å². The highest BCUT2D eigenvalue weighted by molar-refractivity contribution is 6.32. The van der Waals surface area contributed by atoms with Crippen molar-refractivity contribution >= 4 is 23.2 Å². The molecule has 0 saturated heterocycles. The Morgan fingerprint density at radius 1 is 1.15 bits per heavy atom. The highest BCUT2D eigenvalue weighted by Crippen LogP contribution is 2.32. The van der Waals surface area contributed by atoms with Crippen molar-refractivity contribution in [3.8, 4) is 5.75 Å². The molecular weight excluding hydrogens is 350 g/mol. The third-order valence-corrected chi connectivity index (χ3v) is 4.26. The SMILES string of the molecule is CCCOC(CC(C)C)(CC(C)C)C(=O)Nc1ccc(OCC)c(Cl)c1.